The second-order valence-corrected chi connectivity index (χ2v) is 4.74. The van der Waals surface area contributed by atoms with Crippen LogP contribution in [-0.2, 0) is 0 Å². The average Bonchev–Trinajstić information content (AvgIpc) is 2.48. The number of benzene rings is 1. The number of rotatable bonds is 6. The predicted molar refractivity (Wildman–Crippen MR) is 80.4 cm³/mol. The molecule has 0 aliphatic heterocycles. The molecule has 0 aliphatic rings. The van der Waals surface area contributed by atoms with Crippen LogP contribution in [0.25, 0.3) is 0 Å². The van der Waals surface area contributed by atoms with Crippen LogP contribution < -0.4 is 10.6 Å². The van der Waals surface area contributed by atoms with Crippen molar-refractivity contribution in [2.75, 3.05) is 25.0 Å². The number of pyridine rings is 1. The van der Waals surface area contributed by atoms with Gasteiger partial charge in [0.05, 0.1) is 0 Å². The Balaban J connectivity index is 2.09. The number of para-hydroxylation sites is 1. The SMILES string of the molecule is CN(CC(CCN)c1ccccn1)c1ccccc1. The summed E-state index contributed by atoms with van der Waals surface area (Å²) in [6.45, 7) is 1.61. The number of hydrogen-bond acceptors (Lipinski definition) is 3. The number of aromatic nitrogens is 1. The maximum atomic E-state index is 5.73. The first-order valence-corrected chi connectivity index (χ1v) is 6.68. The minimum atomic E-state index is 0.372. The fraction of sp³-hybridized carbons (Fsp3) is 0.312. The van der Waals surface area contributed by atoms with Gasteiger partial charge < -0.3 is 10.6 Å². The lowest BCUT2D eigenvalue weighted by atomic mass is 10.00. The molecule has 1 unspecified atom stereocenters. The highest BCUT2D eigenvalue weighted by molar-refractivity contribution is 5.45. The van der Waals surface area contributed by atoms with Crippen LogP contribution in [0.1, 0.15) is 18.0 Å². The second kappa shape index (κ2) is 6.90. The Morgan fingerprint density at radius 2 is 1.84 bits per heavy atom. The Morgan fingerprint density at radius 3 is 2.47 bits per heavy atom. The summed E-state index contributed by atoms with van der Waals surface area (Å²) in [5.41, 5.74) is 8.08. The van der Waals surface area contributed by atoms with E-state index in [0.717, 1.165) is 18.7 Å². The highest BCUT2D eigenvalue weighted by Gasteiger charge is 2.14. The Bertz CT molecular complexity index is 470. The summed E-state index contributed by atoms with van der Waals surface area (Å²) in [5, 5.41) is 0. The van der Waals surface area contributed by atoms with E-state index >= 15 is 0 Å². The third-order valence-corrected chi connectivity index (χ3v) is 3.31. The standard InChI is InChI=1S/C16H21N3/c1-19(15-7-3-2-4-8-15)13-14(10-11-17)16-9-5-6-12-18-16/h2-9,12,14H,10-11,13,17H2,1H3. The van der Waals surface area contributed by atoms with Gasteiger partial charge in [-0.05, 0) is 37.2 Å². The highest BCUT2D eigenvalue weighted by Crippen LogP contribution is 2.21. The lowest BCUT2D eigenvalue weighted by molar-refractivity contribution is 0.609. The zero-order valence-electron chi connectivity index (χ0n) is 11.4. The monoisotopic (exact) mass is 255 g/mol. The molecule has 0 saturated heterocycles. The van der Waals surface area contributed by atoms with E-state index in [1.54, 1.807) is 0 Å². The van der Waals surface area contributed by atoms with E-state index in [-0.39, 0.29) is 0 Å². The van der Waals surface area contributed by atoms with Crippen molar-refractivity contribution in [2.24, 2.45) is 5.73 Å². The summed E-state index contributed by atoms with van der Waals surface area (Å²) in [5.74, 6) is 0.372. The molecular weight excluding hydrogens is 234 g/mol. The molecule has 0 amide bonds. The molecule has 3 nitrogen and oxygen atoms in total. The van der Waals surface area contributed by atoms with Gasteiger partial charge in [-0.1, -0.05) is 24.3 Å². The average molecular weight is 255 g/mol. The van der Waals surface area contributed by atoms with Crippen molar-refractivity contribution >= 4 is 5.69 Å². The van der Waals surface area contributed by atoms with Crippen molar-refractivity contribution < 1.29 is 0 Å². The van der Waals surface area contributed by atoms with Crippen molar-refractivity contribution in [2.45, 2.75) is 12.3 Å². The number of anilines is 1. The van der Waals surface area contributed by atoms with Crippen molar-refractivity contribution in [1.29, 1.82) is 0 Å². The predicted octanol–water partition coefficient (Wildman–Crippen LogP) is 2.65. The van der Waals surface area contributed by atoms with Gasteiger partial charge in [-0.2, -0.15) is 0 Å². The summed E-state index contributed by atoms with van der Waals surface area (Å²) in [7, 11) is 2.11. The molecule has 3 heteroatoms. The van der Waals surface area contributed by atoms with Crippen molar-refractivity contribution in [1.82, 2.24) is 4.98 Å². The molecule has 19 heavy (non-hydrogen) atoms. The van der Waals surface area contributed by atoms with E-state index in [2.05, 4.69) is 47.3 Å². The Labute approximate surface area is 115 Å². The third-order valence-electron chi connectivity index (χ3n) is 3.31. The first kappa shape index (κ1) is 13.6. The van der Waals surface area contributed by atoms with Crippen molar-refractivity contribution in [3.05, 3.63) is 60.4 Å². The quantitative estimate of drug-likeness (QED) is 0.863. The number of hydrogen-bond donors (Lipinski definition) is 1. The van der Waals surface area contributed by atoms with E-state index in [0.29, 0.717) is 12.5 Å². The summed E-state index contributed by atoms with van der Waals surface area (Å²) >= 11 is 0. The lowest BCUT2D eigenvalue weighted by Gasteiger charge is -2.25. The number of nitrogens with two attached hydrogens (primary N) is 1. The number of likely N-dealkylation sites (N-methyl/N-ethyl adjacent to an activating group) is 1. The molecule has 1 aromatic heterocycles. The highest BCUT2D eigenvalue weighted by atomic mass is 15.1. The second-order valence-electron chi connectivity index (χ2n) is 4.74. The first-order valence-electron chi connectivity index (χ1n) is 6.68. The van der Waals surface area contributed by atoms with Crippen molar-refractivity contribution in [3.8, 4) is 0 Å². The minimum Gasteiger partial charge on any atom is -0.374 e. The van der Waals surface area contributed by atoms with E-state index in [1.165, 1.54) is 5.69 Å². The van der Waals surface area contributed by atoms with Crippen LogP contribution >= 0.6 is 0 Å². The van der Waals surface area contributed by atoms with Gasteiger partial charge in [0.1, 0.15) is 0 Å². The molecule has 2 rings (SSSR count). The maximum Gasteiger partial charge on any atom is 0.0452 e. The zero-order chi connectivity index (χ0) is 13.5. The normalized spacial score (nSPS) is 12.1. The molecule has 0 aliphatic carbocycles. The molecule has 100 valence electrons. The summed E-state index contributed by atoms with van der Waals surface area (Å²) < 4.78 is 0. The van der Waals surface area contributed by atoms with Gasteiger partial charge in [-0.15, -0.1) is 0 Å². The molecule has 0 saturated carbocycles. The molecule has 2 aromatic rings. The van der Waals surface area contributed by atoms with Crippen LogP contribution in [0.3, 0.4) is 0 Å². The molecule has 0 fully saturated rings. The van der Waals surface area contributed by atoms with Gasteiger partial charge in [0.2, 0.25) is 0 Å². The molecule has 1 heterocycles. The fourth-order valence-corrected chi connectivity index (χ4v) is 2.27. The molecule has 0 spiro atoms. The largest absolute Gasteiger partial charge is 0.374 e. The van der Waals surface area contributed by atoms with Crippen LogP contribution in [0.15, 0.2) is 54.7 Å². The Morgan fingerprint density at radius 1 is 1.11 bits per heavy atom. The molecule has 1 aromatic carbocycles. The van der Waals surface area contributed by atoms with E-state index in [1.807, 2.05) is 24.4 Å². The van der Waals surface area contributed by atoms with Gasteiger partial charge in [0, 0.05) is 37.1 Å². The lowest BCUT2D eigenvalue weighted by Crippen LogP contribution is -2.26. The maximum absolute atomic E-state index is 5.73. The van der Waals surface area contributed by atoms with Gasteiger partial charge >= 0.3 is 0 Å². The topological polar surface area (TPSA) is 42.1 Å². The van der Waals surface area contributed by atoms with Crippen LogP contribution in [0, 0.1) is 0 Å². The van der Waals surface area contributed by atoms with Gasteiger partial charge in [0.25, 0.3) is 0 Å². The first-order chi connectivity index (χ1) is 9.31. The van der Waals surface area contributed by atoms with Gasteiger partial charge in [-0.3, -0.25) is 4.98 Å². The van der Waals surface area contributed by atoms with Crippen molar-refractivity contribution in [3.63, 3.8) is 0 Å². The fourth-order valence-electron chi connectivity index (χ4n) is 2.27. The molecule has 0 bridgehead atoms. The molecule has 2 N–H and O–H groups in total. The molecule has 1 atom stereocenters. The Hall–Kier alpha value is -1.87. The van der Waals surface area contributed by atoms with Gasteiger partial charge in [0.15, 0.2) is 0 Å². The van der Waals surface area contributed by atoms with Gasteiger partial charge in [-0.25, -0.2) is 0 Å². The van der Waals surface area contributed by atoms with E-state index < -0.39 is 0 Å². The van der Waals surface area contributed by atoms with Crippen LogP contribution in [0.4, 0.5) is 5.69 Å². The van der Waals surface area contributed by atoms with Crippen LogP contribution in [0.5, 0.6) is 0 Å². The summed E-state index contributed by atoms with van der Waals surface area (Å²) in [6.07, 6.45) is 2.80. The third kappa shape index (κ3) is 3.80. The summed E-state index contributed by atoms with van der Waals surface area (Å²) in [6, 6.07) is 16.5. The van der Waals surface area contributed by atoms with E-state index in [4.69, 9.17) is 5.73 Å². The zero-order valence-corrected chi connectivity index (χ0v) is 11.4. The van der Waals surface area contributed by atoms with E-state index in [9.17, 15) is 0 Å². The summed E-state index contributed by atoms with van der Waals surface area (Å²) in [4.78, 5) is 6.72. The number of nitrogens with zero attached hydrogens (tertiary/aromatic N) is 2. The minimum absolute atomic E-state index is 0.372. The smallest absolute Gasteiger partial charge is 0.0452 e. The van der Waals surface area contributed by atoms with Crippen LogP contribution in [0.2, 0.25) is 0 Å². The molecular formula is C16H21N3. The molecule has 0 radical (unpaired) electrons. The van der Waals surface area contributed by atoms with Crippen LogP contribution in [-0.4, -0.2) is 25.1 Å². The Kier molecular flexibility index (Phi) is 4.93.